The standard InChI is InChI=1S/C22H25N3O3/c1-14(2)22(27,20-12-24-13-25-20)17-8-5-15(6-9-17)18-11-16(21(26)23-3)7-10-19(18)28-4/h5-14,27H,1-4H3,(H,23,26)(H,24,25). The number of methoxy groups -OCH3 is 1. The second-order valence-corrected chi connectivity index (χ2v) is 6.95. The van der Waals surface area contributed by atoms with Gasteiger partial charge in [0.25, 0.3) is 5.91 Å². The van der Waals surface area contributed by atoms with Crippen molar-refractivity contribution in [2.24, 2.45) is 5.92 Å². The molecule has 3 N–H and O–H groups in total. The van der Waals surface area contributed by atoms with Gasteiger partial charge in [-0.2, -0.15) is 0 Å². The molecule has 6 heteroatoms. The molecule has 1 amide bonds. The van der Waals surface area contributed by atoms with Crippen molar-refractivity contribution in [1.29, 1.82) is 0 Å². The summed E-state index contributed by atoms with van der Waals surface area (Å²) in [5, 5.41) is 14.0. The first kappa shape index (κ1) is 19.6. The SMILES string of the molecule is CNC(=O)c1ccc(OC)c(-c2ccc(C(O)(c3c[nH]cn3)C(C)C)cc2)c1. The maximum absolute atomic E-state index is 12.0. The largest absolute Gasteiger partial charge is 0.496 e. The van der Waals surface area contributed by atoms with Crippen molar-refractivity contribution in [3.8, 4) is 16.9 Å². The van der Waals surface area contributed by atoms with Crippen molar-refractivity contribution in [3.63, 3.8) is 0 Å². The molecule has 28 heavy (non-hydrogen) atoms. The number of aromatic nitrogens is 2. The van der Waals surface area contributed by atoms with E-state index in [1.165, 1.54) is 0 Å². The van der Waals surface area contributed by atoms with Crippen LogP contribution < -0.4 is 10.1 Å². The van der Waals surface area contributed by atoms with Gasteiger partial charge >= 0.3 is 0 Å². The van der Waals surface area contributed by atoms with Crippen LogP contribution in [0, 0.1) is 5.92 Å². The van der Waals surface area contributed by atoms with E-state index in [0.717, 1.165) is 16.7 Å². The van der Waals surface area contributed by atoms with Crippen molar-refractivity contribution in [1.82, 2.24) is 15.3 Å². The molecule has 0 saturated carbocycles. The number of aromatic amines is 1. The number of rotatable bonds is 6. The molecule has 0 aliphatic rings. The normalized spacial score (nSPS) is 13.2. The molecule has 1 atom stereocenters. The zero-order valence-electron chi connectivity index (χ0n) is 16.5. The number of aliphatic hydroxyl groups is 1. The zero-order chi connectivity index (χ0) is 20.3. The third-order valence-corrected chi connectivity index (χ3v) is 5.05. The lowest BCUT2D eigenvalue weighted by molar-refractivity contribution is 0.0279. The van der Waals surface area contributed by atoms with Gasteiger partial charge < -0.3 is 20.1 Å². The summed E-state index contributed by atoms with van der Waals surface area (Å²) in [4.78, 5) is 19.2. The van der Waals surface area contributed by atoms with Crippen LogP contribution in [0.25, 0.3) is 11.1 Å². The van der Waals surface area contributed by atoms with Crippen LogP contribution in [0.15, 0.2) is 55.0 Å². The van der Waals surface area contributed by atoms with E-state index in [-0.39, 0.29) is 11.8 Å². The van der Waals surface area contributed by atoms with E-state index >= 15 is 0 Å². The minimum Gasteiger partial charge on any atom is -0.496 e. The minimum atomic E-state index is -1.20. The van der Waals surface area contributed by atoms with E-state index in [9.17, 15) is 9.90 Å². The first-order chi connectivity index (χ1) is 13.4. The maximum atomic E-state index is 12.0. The molecule has 0 saturated heterocycles. The number of hydrogen-bond donors (Lipinski definition) is 3. The molecular weight excluding hydrogens is 354 g/mol. The fourth-order valence-electron chi connectivity index (χ4n) is 3.37. The van der Waals surface area contributed by atoms with Crippen LogP contribution in [-0.2, 0) is 5.60 Å². The molecule has 6 nitrogen and oxygen atoms in total. The number of nitrogens with one attached hydrogen (secondary N) is 2. The zero-order valence-corrected chi connectivity index (χ0v) is 16.5. The highest BCUT2D eigenvalue weighted by molar-refractivity contribution is 5.96. The third-order valence-electron chi connectivity index (χ3n) is 5.05. The Balaban J connectivity index is 2.04. The van der Waals surface area contributed by atoms with Gasteiger partial charge in [-0.1, -0.05) is 38.1 Å². The second kappa shape index (κ2) is 7.86. The third kappa shape index (κ3) is 3.39. The lowest BCUT2D eigenvalue weighted by Gasteiger charge is -2.31. The fourth-order valence-corrected chi connectivity index (χ4v) is 3.37. The summed E-state index contributed by atoms with van der Waals surface area (Å²) in [6.45, 7) is 3.91. The molecule has 2 aromatic carbocycles. The van der Waals surface area contributed by atoms with E-state index in [0.29, 0.717) is 17.0 Å². The average Bonchev–Trinajstić information content (AvgIpc) is 3.27. The van der Waals surface area contributed by atoms with Crippen LogP contribution in [0.1, 0.15) is 35.5 Å². The fraction of sp³-hybridized carbons (Fsp3) is 0.273. The predicted molar refractivity (Wildman–Crippen MR) is 108 cm³/mol. The summed E-state index contributed by atoms with van der Waals surface area (Å²) in [6, 6.07) is 12.9. The van der Waals surface area contributed by atoms with Gasteiger partial charge in [0.1, 0.15) is 11.4 Å². The number of hydrogen-bond acceptors (Lipinski definition) is 4. The Morgan fingerprint density at radius 3 is 2.46 bits per heavy atom. The Labute approximate surface area is 164 Å². The van der Waals surface area contributed by atoms with Crippen molar-refractivity contribution in [3.05, 3.63) is 71.8 Å². The van der Waals surface area contributed by atoms with Crippen molar-refractivity contribution < 1.29 is 14.6 Å². The van der Waals surface area contributed by atoms with Gasteiger partial charge in [0, 0.05) is 24.4 Å². The van der Waals surface area contributed by atoms with Crippen LogP contribution in [0.3, 0.4) is 0 Å². The van der Waals surface area contributed by atoms with Crippen LogP contribution in [0.2, 0.25) is 0 Å². The molecule has 3 rings (SSSR count). The number of amides is 1. The molecule has 0 radical (unpaired) electrons. The molecule has 0 spiro atoms. The number of nitrogens with zero attached hydrogens (tertiary/aromatic N) is 1. The van der Waals surface area contributed by atoms with Gasteiger partial charge in [0.05, 0.1) is 19.1 Å². The number of imidazole rings is 1. The summed E-state index contributed by atoms with van der Waals surface area (Å²) in [5.74, 6) is 0.438. The number of H-pyrrole nitrogens is 1. The molecule has 0 fully saturated rings. The monoisotopic (exact) mass is 379 g/mol. The molecule has 146 valence electrons. The van der Waals surface area contributed by atoms with E-state index in [1.54, 1.807) is 44.9 Å². The molecule has 1 heterocycles. The van der Waals surface area contributed by atoms with Gasteiger partial charge in [-0.05, 0) is 35.2 Å². The Kier molecular flexibility index (Phi) is 5.51. The molecule has 1 aromatic heterocycles. The van der Waals surface area contributed by atoms with E-state index in [2.05, 4.69) is 15.3 Å². The summed E-state index contributed by atoms with van der Waals surface area (Å²) in [6.07, 6.45) is 3.27. The summed E-state index contributed by atoms with van der Waals surface area (Å²) in [7, 11) is 3.20. The Morgan fingerprint density at radius 2 is 1.93 bits per heavy atom. The highest BCUT2D eigenvalue weighted by Gasteiger charge is 2.37. The topological polar surface area (TPSA) is 87.2 Å². The Bertz CT molecular complexity index is 950. The number of carbonyl (C=O) groups excluding carboxylic acids is 1. The van der Waals surface area contributed by atoms with Gasteiger partial charge in [0.15, 0.2) is 0 Å². The Hall–Kier alpha value is -3.12. The summed E-state index contributed by atoms with van der Waals surface area (Å²) < 4.78 is 5.47. The van der Waals surface area contributed by atoms with Crippen LogP contribution >= 0.6 is 0 Å². The van der Waals surface area contributed by atoms with Crippen LogP contribution in [-0.4, -0.2) is 35.1 Å². The Morgan fingerprint density at radius 1 is 1.21 bits per heavy atom. The number of ether oxygens (including phenoxy) is 1. The lowest BCUT2D eigenvalue weighted by atomic mass is 9.80. The highest BCUT2D eigenvalue weighted by atomic mass is 16.5. The van der Waals surface area contributed by atoms with Crippen molar-refractivity contribution >= 4 is 5.91 Å². The number of benzene rings is 2. The van der Waals surface area contributed by atoms with Crippen molar-refractivity contribution in [2.45, 2.75) is 19.4 Å². The van der Waals surface area contributed by atoms with Gasteiger partial charge in [-0.3, -0.25) is 4.79 Å². The van der Waals surface area contributed by atoms with Gasteiger partial charge in [-0.25, -0.2) is 4.98 Å². The second-order valence-electron chi connectivity index (χ2n) is 6.95. The smallest absolute Gasteiger partial charge is 0.251 e. The van der Waals surface area contributed by atoms with Gasteiger partial charge in [-0.15, -0.1) is 0 Å². The van der Waals surface area contributed by atoms with Crippen LogP contribution in [0.5, 0.6) is 5.75 Å². The molecule has 0 aliphatic carbocycles. The highest BCUT2D eigenvalue weighted by Crippen LogP contribution is 2.37. The number of carbonyl (C=O) groups is 1. The molecule has 3 aromatic rings. The quantitative estimate of drug-likeness (QED) is 0.613. The van der Waals surface area contributed by atoms with Crippen molar-refractivity contribution in [2.75, 3.05) is 14.2 Å². The molecule has 0 bridgehead atoms. The van der Waals surface area contributed by atoms with Gasteiger partial charge in [0.2, 0.25) is 0 Å². The van der Waals surface area contributed by atoms with E-state index < -0.39 is 5.60 Å². The summed E-state index contributed by atoms with van der Waals surface area (Å²) >= 11 is 0. The molecule has 1 unspecified atom stereocenters. The lowest BCUT2D eigenvalue weighted by Crippen LogP contribution is -2.33. The maximum Gasteiger partial charge on any atom is 0.251 e. The predicted octanol–water partition coefficient (Wildman–Crippen LogP) is 3.34. The minimum absolute atomic E-state index is 0.0761. The molecular formula is C22H25N3O3. The first-order valence-electron chi connectivity index (χ1n) is 9.14. The first-order valence-corrected chi connectivity index (χ1v) is 9.14. The average molecular weight is 379 g/mol. The molecule has 0 aliphatic heterocycles. The van der Waals surface area contributed by atoms with E-state index in [1.807, 2.05) is 38.1 Å². The van der Waals surface area contributed by atoms with Crippen LogP contribution in [0.4, 0.5) is 0 Å². The summed E-state index contributed by atoms with van der Waals surface area (Å²) in [5.41, 5.74) is 2.38. The van der Waals surface area contributed by atoms with E-state index in [4.69, 9.17) is 4.74 Å².